The van der Waals surface area contributed by atoms with Crippen LogP contribution in [0.4, 0.5) is 5.69 Å². The summed E-state index contributed by atoms with van der Waals surface area (Å²) in [5.41, 5.74) is 7.89. The van der Waals surface area contributed by atoms with Crippen LogP contribution in [0, 0.1) is 5.92 Å². The molecule has 0 spiro atoms. The van der Waals surface area contributed by atoms with Gasteiger partial charge in [0.2, 0.25) is 17.7 Å². The number of nitrogens with two attached hydrogens (primary N) is 1. The van der Waals surface area contributed by atoms with E-state index in [0.29, 0.717) is 33.3 Å². The van der Waals surface area contributed by atoms with Gasteiger partial charge in [-0.2, -0.15) is 0 Å². The van der Waals surface area contributed by atoms with Gasteiger partial charge in [0, 0.05) is 18.7 Å². The van der Waals surface area contributed by atoms with Crippen molar-refractivity contribution in [2.24, 2.45) is 11.7 Å². The number of fused-ring (bicyclic) bond motifs is 1. The van der Waals surface area contributed by atoms with Crippen molar-refractivity contribution in [3.63, 3.8) is 0 Å². The van der Waals surface area contributed by atoms with Gasteiger partial charge in [-0.05, 0) is 30.3 Å². The van der Waals surface area contributed by atoms with E-state index in [1.165, 1.54) is 0 Å². The van der Waals surface area contributed by atoms with Crippen molar-refractivity contribution in [2.45, 2.75) is 6.42 Å². The highest BCUT2D eigenvalue weighted by Crippen LogP contribution is 2.32. The molecule has 126 valence electrons. The Kier molecular flexibility index (Phi) is 3.69. The minimum Gasteiger partial charge on any atom is -0.436 e. The number of hydrogen-bond donors (Lipinski definition) is 1. The normalized spacial score (nSPS) is 17.4. The maximum atomic E-state index is 12.2. The number of primary amides is 1. The van der Waals surface area contributed by atoms with Gasteiger partial charge in [0.1, 0.15) is 5.52 Å². The molecule has 0 aliphatic carbocycles. The van der Waals surface area contributed by atoms with Gasteiger partial charge in [-0.1, -0.05) is 23.7 Å². The molecule has 2 aromatic carbocycles. The van der Waals surface area contributed by atoms with Gasteiger partial charge < -0.3 is 15.1 Å². The molecule has 1 atom stereocenters. The maximum Gasteiger partial charge on any atom is 0.228 e. The number of carbonyl (C=O) groups is 2. The molecular weight excluding hydrogens is 342 g/mol. The number of anilines is 1. The maximum absolute atomic E-state index is 12.2. The highest BCUT2D eigenvalue weighted by molar-refractivity contribution is 6.33. The van der Waals surface area contributed by atoms with Crippen molar-refractivity contribution in [2.75, 3.05) is 11.4 Å². The van der Waals surface area contributed by atoms with E-state index in [0.717, 1.165) is 0 Å². The Labute approximate surface area is 148 Å². The summed E-state index contributed by atoms with van der Waals surface area (Å²) in [6, 6.07) is 12.6. The summed E-state index contributed by atoms with van der Waals surface area (Å²) in [6.07, 6.45) is 0.136. The first kappa shape index (κ1) is 15.7. The van der Waals surface area contributed by atoms with Crippen LogP contribution in [0.3, 0.4) is 0 Å². The van der Waals surface area contributed by atoms with Crippen molar-refractivity contribution < 1.29 is 14.0 Å². The van der Waals surface area contributed by atoms with Crippen LogP contribution in [0.25, 0.3) is 22.6 Å². The van der Waals surface area contributed by atoms with E-state index >= 15 is 0 Å². The summed E-state index contributed by atoms with van der Waals surface area (Å²) in [6.45, 7) is 0.287. The van der Waals surface area contributed by atoms with E-state index in [-0.39, 0.29) is 18.9 Å². The molecule has 4 rings (SSSR count). The van der Waals surface area contributed by atoms with Gasteiger partial charge >= 0.3 is 0 Å². The molecule has 2 amide bonds. The van der Waals surface area contributed by atoms with Crippen molar-refractivity contribution in [3.8, 4) is 11.5 Å². The monoisotopic (exact) mass is 355 g/mol. The van der Waals surface area contributed by atoms with E-state index in [1.54, 1.807) is 29.2 Å². The summed E-state index contributed by atoms with van der Waals surface area (Å²) in [5, 5.41) is 0.549. The van der Waals surface area contributed by atoms with E-state index in [2.05, 4.69) is 4.98 Å². The van der Waals surface area contributed by atoms with Crippen molar-refractivity contribution in [1.82, 2.24) is 4.98 Å². The van der Waals surface area contributed by atoms with E-state index in [9.17, 15) is 9.59 Å². The lowest BCUT2D eigenvalue weighted by Gasteiger charge is -2.15. The Bertz CT molecular complexity index is 998. The highest BCUT2D eigenvalue weighted by atomic mass is 35.5. The fraction of sp³-hybridized carbons (Fsp3) is 0.167. The number of amides is 2. The molecule has 1 aliphatic rings. The quantitative estimate of drug-likeness (QED) is 0.782. The van der Waals surface area contributed by atoms with Gasteiger partial charge in [0.05, 0.1) is 16.5 Å². The third kappa shape index (κ3) is 2.74. The second-order valence-electron chi connectivity index (χ2n) is 5.96. The Morgan fingerprint density at radius 2 is 2.08 bits per heavy atom. The van der Waals surface area contributed by atoms with Crippen LogP contribution >= 0.6 is 11.6 Å². The minimum atomic E-state index is -0.459. The molecule has 2 heterocycles. The number of rotatable bonds is 3. The van der Waals surface area contributed by atoms with Crippen LogP contribution in [0.1, 0.15) is 6.42 Å². The summed E-state index contributed by atoms with van der Waals surface area (Å²) in [5.74, 6) is -0.628. The van der Waals surface area contributed by atoms with Crippen molar-refractivity contribution in [3.05, 3.63) is 47.5 Å². The van der Waals surface area contributed by atoms with E-state index in [1.807, 2.05) is 18.2 Å². The lowest BCUT2D eigenvalue weighted by molar-refractivity contribution is -0.123. The predicted molar refractivity (Wildman–Crippen MR) is 94.1 cm³/mol. The molecule has 25 heavy (non-hydrogen) atoms. The zero-order chi connectivity index (χ0) is 17.6. The molecule has 0 saturated carbocycles. The number of carbonyl (C=O) groups excluding carboxylic acids is 2. The third-order valence-electron chi connectivity index (χ3n) is 4.31. The van der Waals surface area contributed by atoms with Crippen molar-refractivity contribution >= 4 is 40.2 Å². The average molecular weight is 356 g/mol. The second-order valence-corrected chi connectivity index (χ2v) is 6.37. The molecule has 0 unspecified atom stereocenters. The van der Waals surface area contributed by atoms with Crippen LogP contribution in [0.2, 0.25) is 5.02 Å². The van der Waals surface area contributed by atoms with Crippen LogP contribution in [-0.4, -0.2) is 23.3 Å². The lowest BCUT2D eigenvalue weighted by atomic mass is 10.1. The van der Waals surface area contributed by atoms with Gasteiger partial charge in [-0.3, -0.25) is 9.59 Å². The van der Waals surface area contributed by atoms with Gasteiger partial charge in [0.15, 0.2) is 5.58 Å². The van der Waals surface area contributed by atoms with Crippen LogP contribution in [-0.2, 0) is 9.59 Å². The van der Waals surface area contributed by atoms with Gasteiger partial charge in [0.25, 0.3) is 0 Å². The van der Waals surface area contributed by atoms with E-state index in [4.69, 9.17) is 21.8 Å². The zero-order valence-corrected chi connectivity index (χ0v) is 13.9. The molecule has 3 aromatic rings. The molecular formula is C18H14ClN3O3. The minimum absolute atomic E-state index is 0.127. The number of oxazole rings is 1. The molecule has 1 saturated heterocycles. The molecule has 1 aromatic heterocycles. The van der Waals surface area contributed by atoms with Gasteiger partial charge in [-0.25, -0.2) is 4.98 Å². The van der Waals surface area contributed by atoms with Crippen LogP contribution in [0.5, 0.6) is 0 Å². The SMILES string of the molecule is NC(=O)[C@@H]1CC(=O)N(c2ccc3oc(-c4ccccc4Cl)nc3c2)C1. The molecule has 6 nitrogen and oxygen atoms in total. The summed E-state index contributed by atoms with van der Waals surface area (Å²) in [4.78, 5) is 29.5. The molecule has 2 N–H and O–H groups in total. The number of benzene rings is 2. The topological polar surface area (TPSA) is 89.4 Å². The van der Waals surface area contributed by atoms with E-state index < -0.39 is 11.8 Å². The first-order valence-electron chi connectivity index (χ1n) is 7.78. The largest absolute Gasteiger partial charge is 0.436 e. The fourth-order valence-corrected chi connectivity index (χ4v) is 3.20. The molecule has 1 aliphatic heterocycles. The van der Waals surface area contributed by atoms with Crippen LogP contribution < -0.4 is 10.6 Å². The smallest absolute Gasteiger partial charge is 0.228 e. The van der Waals surface area contributed by atoms with Gasteiger partial charge in [-0.15, -0.1) is 0 Å². The van der Waals surface area contributed by atoms with Crippen LogP contribution in [0.15, 0.2) is 46.9 Å². The fourth-order valence-electron chi connectivity index (χ4n) is 2.98. The molecule has 0 bridgehead atoms. The third-order valence-corrected chi connectivity index (χ3v) is 4.64. The second kappa shape index (κ2) is 5.89. The predicted octanol–water partition coefficient (Wildman–Crippen LogP) is 2.99. The molecule has 0 radical (unpaired) electrons. The summed E-state index contributed by atoms with van der Waals surface area (Å²) in [7, 11) is 0. The molecule has 1 fully saturated rings. The lowest BCUT2D eigenvalue weighted by Crippen LogP contribution is -2.28. The zero-order valence-electron chi connectivity index (χ0n) is 13.1. The standard InChI is InChI=1S/C18H14ClN3O3/c19-13-4-2-1-3-12(13)18-21-14-8-11(5-6-15(14)25-18)22-9-10(17(20)24)7-16(22)23/h1-6,8,10H,7,9H2,(H2,20,24)/t10-/m1/s1. The Morgan fingerprint density at radius 1 is 1.28 bits per heavy atom. The Balaban J connectivity index is 1.71. The number of hydrogen-bond acceptors (Lipinski definition) is 4. The number of aromatic nitrogens is 1. The summed E-state index contributed by atoms with van der Waals surface area (Å²) < 4.78 is 5.77. The molecule has 7 heteroatoms. The summed E-state index contributed by atoms with van der Waals surface area (Å²) >= 11 is 6.19. The average Bonchev–Trinajstić information content (AvgIpc) is 3.18. The first-order chi connectivity index (χ1) is 12.0. The Morgan fingerprint density at radius 3 is 2.80 bits per heavy atom. The highest BCUT2D eigenvalue weighted by Gasteiger charge is 2.34. The number of nitrogens with zero attached hydrogens (tertiary/aromatic N) is 2. The number of halogens is 1. The Hall–Kier alpha value is -2.86. The van der Waals surface area contributed by atoms with Crippen molar-refractivity contribution in [1.29, 1.82) is 0 Å². The first-order valence-corrected chi connectivity index (χ1v) is 8.16.